The summed E-state index contributed by atoms with van der Waals surface area (Å²) in [6.45, 7) is 7.55. The maximum absolute atomic E-state index is 12.8. The maximum atomic E-state index is 12.8. The first-order chi connectivity index (χ1) is 10.0. The molecular formula is C17H32N2OS. The number of rotatable bonds is 7. The average Bonchev–Trinajstić information content (AvgIpc) is 3.01. The summed E-state index contributed by atoms with van der Waals surface area (Å²) in [5, 5.41) is 3.61. The Balaban J connectivity index is 2.08. The molecule has 3 nitrogen and oxygen atoms in total. The van der Waals surface area contributed by atoms with Gasteiger partial charge in [-0.2, -0.15) is 11.8 Å². The Hall–Kier alpha value is -0.220. The molecule has 2 fully saturated rings. The Morgan fingerprint density at radius 1 is 1.38 bits per heavy atom. The topological polar surface area (TPSA) is 32.3 Å². The van der Waals surface area contributed by atoms with Gasteiger partial charge in [-0.1, -0.05) is 40.0 Å². The summed E-state index contributed by atoms with van der Waals surface area (Å²) >= 11 is 1.98. The van der Waals surface area contributed by atoms with Crippen LogP contribution in [0.15, 0.2) is 0 Å². The smallest absolute Gasteiger partial charge is 0.241 e. The second-order valence-electron chi connectivity index (χ2n) is 7.21. The third-order valence-electron chi connectivity index (χ3n) is 5.03. The van der Waals surface area contributed by atoms with Crippen LogP contribution in [0.25, 0.3) is 0 Å². The van der Waals surface area contributed by atoms with Crippen LogP contribution in [0.2, 0.25) is 0 Å². The third kappa shape index (κ3) is 3.95. The lowest BCUT2D eigenvalue weighted by Gasteiger charge is -2.34. The Morgan fingerprint density at radius 2 is 2.05 bits per heavy atom. The minimum absolute atomic E-state index is 0.0434. The van der Waals surface area contributed by atoms with Crippen molar-refractivity contribution in [2.75, 3.05) is 12.8 Å². The highest BCUT2D eigenvalue weighted by molar-refractivity contribution is 8.00. The van der Waals surface area contributed by atoms with E-state index in [-0.39, 0.29) is 12.2 Å². The number of nitrogens with zero attached hydrogens (tertiary/aromatic N) is 1. The molecule has 0 bridgehead atoms. The lowest BCUT2D eigenvalue weighted by Crippen LogP contribution is -2.45. The summed E-state index contributed by atoms with van der Waals surface area (Å²) in [5.74, 6) is 0.914. The summed E-state index contributed by atoms with van der Waals surface area (Å²) in [6.07, 6.45) is 10.8. The first-order valence-corrected chi connectivity index (χ1v) is 9.85. The van der Waals surface area contributed by atoms with Crippen LogP contribution in [0.4, 0.5) is 0 Å². The molecule has 0 radical (unpaired) electrons. The Morgan fingerprint density at radius 3 is 2.57 bits per heavy atom. The molecule has 1 amide bonds. The van der Waals surface area contributed by atoms with E-state index in [1.54, 1.807) is 0 Å². The van der Waals surface area contributed by atoms with Crippen molar-refractivity contribution in [2.24, 2.45) is 5.92 Å². The van der Waals surface area contributed by atoms with E-state index in [9.17, 15) is 4.79 Å². The van der Waals surface area contributed by atoms with Crippen molar-refractivity contribution < 1.29 is 4.79 Å². The predicted octanol–water partition coefficient (Wildman–Crippen LogP) is 3.63. The predicted molar refractivity (Wildman–Crippen MR) is 91.5 cm³/mol. The van der Waals surface area contributed by atoms with Crippen molar-refractivity contribution in [2.45, 2.75) is 82.7 Å². The molecule has 1 saturated heterocycles. The van der Waals surface area contributed by atoms with Crippen molar-refractivity contribution in [3.05, 3.63) is 0 Å². The minimum atomic E-state index is 0.0434. The van der Waals surface area contributed by atoms with Gasteiger partial charge in [-0.05, 0) is 37.9 Å². The summed E-state index contributed by atoms with van der Waals surface area (Å²) < 4.78 is 0.316. The van der Waals surface area contributed by atoms with E-state index in [1.165, 1.54) is 25.7 Å². The zero-order valence-electron chi connectivity index (χ0n) is 14.2. The lowest BCUT2D eigenvalue weighted by molar-refractivity contribution is -0.130. The summed E-state index contributed by atoms with van der Waals surface area (Å²) in [6, 6.07) is 0.0434. The molecule has 1 N–H and O–H groups in total. The quantitative estimate of drug-likeness (QED) is 0.779. The molecule has 1 aliphatic carbocycles. The highest BCUT2D eigenvalue weighted by Gasteiger charge is 2.43. The van der Waals surface area contributed by atoms with Crippen molar-refractivity contribution in [3.8, 4) is 0 Å². The Bertz CT molecular complexity index is 353. The van der Waals surface area contributed by atoms with Crippen molar-refractivity contribution in [1.82, 2.24) is 10.2 Å². The van der Waals surface area contributed by atoms with Gasteiger partial charge >= 0.3 is 0 Å². The molecule has 0 aromatic heterocycles. The molecule has 0 aromatic rings. The van der Waals surface area contributed by atoms with Crippen LogP contribution in [-0.4, -0.2) is 40.6 Å². The molecule has 0 aromatic carbocycles. The van der Waals surface area contributed by atoms with Gasteiger partial charge in [0, 0.05) is 11.3 Å². The second kappa shape index (κ2) is 7.36. The van der Waals surface area contributed by atoms with E-state index < -0.39 is 0 Å². The maximum Gasteiger partial charge on any atom is 0.241 e. The Labute approximate surface area is 134 Å². The van der Waals surface area contributed by atoms with Crippen molar-refractivity contribution in [1.29, 1.82) is 0 Å². The molecule has 2 aliphatic rings. The summed E-state index contributed by atoms with van der Waals surface area (Å²) in [5.41, 5.74) is 0. The molecule has 0 spiro atoms. The van der Waals surface area contributed by atoms with Crippen LogP contribution in [0.5, 0.6) is 0 Å². The molecule has 2 atom stereocenters. The first kappa shape index (κ1) is 17.1. The van der Waals surface area contributed by atoms with E-state index in [1.807, 2.05) is 11.8 Å². The van der Waals surface area contributed by atoms with E-state index in [0.29, 0.717) is 16.6 Å². The number of thioether (sulfide) groups is 1. The average molecular weight is 313 g/mol. The lowest BCUT2D eigenvalue weighted by atomic mass is 10.0. The number of carbonyl (C=O) groups excluding carboxylic acids is 1. The van der Waals surface area contributed by atoms with Crippen LogP contribution in [0, 0.1) is 5.92 Å². The number of carbonyl (C=O) groups is 1. The first-order valence-electron chi connectivity index (χ1n) is 8.63. The van der Waals surface area contributed by atoms with Gasteiger partial charge in [0.15, 0.2) is 0 Å². The minimum Gasteiger partial charge on any atom is -0.324 e. The fourth-order valence-electron chi connectivity index (χ4n) is 3.84. The van der Waals surface area contributed by atoms with Gasteiger partial charge in [0.25, 0.3) is 0 Å². The van der Waals surface area contributed by atoms with Crippen molar-refractivity contribution in [3.63, 3.8) is 0 Å². The summed E-state index contributed by atoms with van der Waals surface area (Å²) in [4.78, 5) is 15.0. The van der Waals surface area contributed by atoms with E-state index in [0.717, 1.165) is 25.8 Å². The number of hydrogen-bond acceptors (Lipinski definition) is 3. The molecule has 4 heteroatoms. The fourth-order valence-corrected chi connectivity index (χ4v) is 4.81. The molecule has 21 heavy (non-hydrogen) atoms. The van der Waals surface area contributed by atoms with E-state index in [2.05, 4.69) is 37.2 Å². The molecule has 122 valence electrons. The highest BCUT2D eigenvalue weighted by atomic mass is 32.2. The van der Waals surface area contributed by atoms with E-state index >= 15 is 0 Å². The zero-order valence-corrected chi connectivity index (χ0v) is 15.0. The van der Waals surface area contributed by atoms with Gasteiger partial charge in [0.05, 0.1) is 12.2 Å². The van der Waals surface area contributed by atoms with Gasteiger partial charge in [-0.25, -0.2) is 0 Å². The van der Waals surface area contributed by atoms with Crippen LogP contribution in [0.1, 0.15) is 65.7 Å². The zero-order chi connectivity index (χ0) is 15.5. The normalized spacial score (nSPS) is 28.8. The van der Waals surface area contributed by atoms with Crippen LogP contribution < -0.4 is 5.32 Å². The Kier molecular flexibility index (Phi) is 6.01. The second-order valence-corrected chi connectivity index (χ2v) is 8.49. The molecule has 1 aliphatic heterocycles. The molecule has 2 rings (SSSR count). The highest BCUT2D eigenvalue weighted by Crippen LogP contribution is 2.41. The SMILES string of the molecule is CCCC1NC(CC(C)C)C(=O)N1CC1(SC)CCCC1. The molecule has 1 saturated carbocycles. The van der Waals surface area contributed by atoms with Gasteiger partial charge in [-0.15, -0.1) is 0 Å². The standard InChI is InChI=1S/C17H32N2OS/c1-5-8-15-18-14(11-13(2)3)16(20)19(15)12-17(21-4)9-6-7-10-17/h13-15,18H,5-12H2,1-4H3. The van der Waals surface area contributed by atoms with Gasteiger partial charge in [-0.3, -0.25) is 10.1 Å². The monoisotopic (exact) mass is 312 g/mol. The number of hydrogen-bond donors (Lipinski definition) is 1. The van der Waals surface area contributed by atoms with Crippen LogP contribution >= 0.6 is 11.8 Å². The molecular weight excluding hydrogens is 280 g/mol. The van der Waals surface area contributed by atoms with Crippen LogP contribution in [-0.2, 0) is 4.79 Å². The fraction of sp³-hybridized carbons (Fsp3) is 0.941. The largest absolute Gasteiger partial charge is 0.324 e. The third-order valence-corrected chi connectivity index (χ3v) is 6.43. The van der Waals surface area contributed by atoms with Gasteiger partial charge in [0.2, 0.25) is 5.91 Å². The summed E-state index contributed by atoms with van der Waals surface area (Å²) in [7, 11) is 0. The van der Waals surface area contributed by atoms with Gasteiger partial charge in [0.1, 0.15) is 0 Å². The number of nitrogens with one attached hydrogen (secondary N) is 1. The molecule has 1 heterocycles. The van der Waals surface area contributed by atoms with Crippen LogP contribution in [0.3, 0.4) is 0 Å². The van der Waals surface area contributed by atoms with Crippen molar-refractivity contribution >= 4 is 17.7 Å². The van der Waals surface area contributed by atoms with Gasteiger partial charge < -0.3 is 4.90 Å². The number of amides is 1. The molecule has 2 unspecified atom stereocenters. The van der Waals surface area contributed by atoms with E-state index in [4.69, 9.17) is 0 Å².